The molecular weight excluding hydrogens is 284 g/mol. The van der Waals surface area contributed by atoms with Gasteiger partial charge in [0.25, 0.3) is 0 Å². The van der Waals surface area contributed by atoms with E-state index in [2.05, 4.69) is 57.5 Å². The fourth-order valence-electron chi connectivity index (χ4n) is 3.19. The van der Waals surface area contributed by atoms with Crippen LogP contribution in [0.15, 0.2) is 0 Å². The number of hydrogen-bond acceptors (Lipinski definition) is 0. The minimum absolute atomic E-state index is 0.482. The van der Waals surface area contributed by atoms with Gasteiger partial charge in [0, 0.05) is 5.33 Å². The number of alkyl halides is 1. The summed E-state index contributed by atoms with van der Waals surface area (Å²) >= 11 is 3.81. The third-order valence-electron chi connectivity index (χ3n) is 4.96. The monoisotopic (exact) mass is 316 g/mol. The van der Waals surface area contributed by atoms with Crippen LogP contribution in [0.1, 0.15) is 80.1 Å². The van der Waals surface area contributed by atoms with Crippen molar-refractivity contribution in [3.05, 3.63) is 0 Å². The van der Waals surface area contributed by atoms with Crippen molar-refractivity contribution in [1.29, 1.82) is 0 Å². The van der Waals surface area contributed by atoms with Gasteiger partial charge in [0.1, 0.15) is 0 Å². The topological polar surface area (TPSA) is 0 Å². The van der Waals surface area contributed by atoms with Crippen LogP contribution in [0.2, 0.25) is 0 Å². The van der Waals surface area contributed by atoms with Crippen molar-refractivity contribution in [1.82, 2.24) is 0 Å². The largest absolute Gasteiger partial charge is 0.0922 e. The van der Waals surface area contributed by atoms with Crippen molar-refractivity contribution in [2.75, 3.05) is 5.33 Å². The van der Waals surface area contributed by atoms with Crippen molar-refractivity contribution < 1.29 is 0 Å². The van der Waals surface area contributed by atoms with Crippen LogP contribution in [-0.4, -0.2) is 5.33 Å². The molecule has 0 nitrogen and oxygen atoms in total. The molecule has 1 heteroatoms. The van der Waals surface area contributed by atoms with Gasteiger partial charge in [-0.2, -0.15) is 0 Å². The molecule has 0 aromatic carbocycles. The molecule has 0 aromatic rings. The normalized spacial score (nSPS) is 30.5. The molecule has 1 aliphatic carbocycles. The standard InChI is InChI=1S/C17H33Br/c1-15(2,3)11-12-17(13-18)9-7-14(8-10-17)16(4,5)6/h14H,7-13H2,1-6H3. The molecule has 0 saturated heterocycles. The molecule has 0 amide bonds. The van der Waals surface area contributed by atoms with Gasteiger partial charge in [-0.05, 0) is 60.7 Å². The Bertz CT molecular complexity index is 246. The van der Waals surface area contributed by atoms with Gasteiger partial charge in [0.05, 0.1) is 0 Å². The fraction of sp³-hybridized carbons (Fsp3) is 1.00. The van der Waals surface area contributed by atoms with Crippen molar-refractivity contribution in [3.8, 4) is 0 Å². The molecule has 1 fully saturated rings. The van der Waals surface area contributed by atoms with Gasteiger partial charge in [0.15, 0.2) is 0 Å². The van der Waals surface area contributed by atoms with Crippen LogP contribution in [0, 0.1) is 22.2 Å². The minimum atomic E-state index is 0.482. The van der Waals surface area contributed by atoms with Gasteiger partial charge >= 0.3 is 0 Å². The molecule has 0 aromatic heterocycles. The molecule has 0 bridgehead atoms. The molecule has 1 aliphatic rings. The highest BCUT2D eigenvalue weighted by Gasteiger charge is 2.38. The van der Waals surface area contributed by atoms with Crippen molar-refractivity contribution >= 4 is 15.9 Å². The number of rotatable bonds is 3. The molecule has 0 spiro atoms. The molecule has 0 heterocycles. The quantitative estimate of drug-likeness (QED) is 0.526. The van der Waals surface area contributed by atoms with Gasteiger partial charge in [-0.25, -0.2) is 0 Å². The lowest BCUT2D eigenvalue weighted by atomic mass is 9.62. The van der Waals surface area contributed by atoms with Crippen molar-refractivity contribution in [3.63, 3.8) is 0 Å². The maximum atomic E-state index is 3.81. The summed E-state index contributed by atoms with van der Waals surface area (Å²) in [5, 5.41) is 1.20. The minimum Gasteiger partial charge on any atom is -0.0922 e. The molecule has 0 atom stereocenters. The van der Waals surface area contributed by atoms with Crippen LogP contribution in [-0.2, 0) is 0 Å². The lowest BCUT2D eigenvalue weighted by Gasteiger charge is -2.44. The highest BCUT2D eigenvalue weighted by atomic mass is 79.9. The predicted molar refractivity (Wildman–Crippen MR) is 86.3 cm³/mol. The van der Waals surface area contributed by atoms with E-state index in [0.29, 0.717) is 16.2 Å². The van der Waals surface area contributed by atoms with Crippen LogP contribution >= 0.6 is 15.9 Å². The maximum Gasteiger partial charge on any atom is 0.00879 e. The van der Waals surface area contributed by atoms with Gasteiger partial charge in [-0.3, -0.25) is 0 Å². The van der Waals surface area contributed by atoms with E-state index >= 15 is 0 Å². The molecule has 1 saturated carbocycles. The second-order valence-corrected chi connectivity index (χ2v) is 9.40. The maximum absolute atomic E-state index is 3.81. The second-order valence-electron chi connectivity index (χ2n) is 8.83. The Morgan fingerprint density at radius 1 is 1.00 bits per heavy atom. The second kappa shape index (κ2) is 5.85. The molecule has 0 aliphatic heterocycles. The van der Waals surface area contributed by atoms with Gasteiger partial charge in [-0.15, -0.1) is 0 Å². The van der Waals surface area contributed by atoms with E-state index in [1.807, 2.05) is 0 Å². The predicted octanol–water partition coefficient (Wildman–Crippen LogP) is 6.43. The smallest absolute Gasteiger partial charge is 0.00879 e. The average Bonchev–Trinajstić information content (AvgIpc) is 2.25. The Hall–Kier alpha value is 0.480. The van der Waals surface area contributed by atoms with Gasteiger partial charge in [-0.1, -0.05) is 57.5 Å². The third kappa shape index (κ3) is 4.87. The van der Waals surface area contributed by atoms with E-state index in [0.717, 1.165) is 5.92 Å². The van der Waals surface area contributed by atoms with E-state index in [-0.39, 0.29) is 0 Å². The molecule has 0 unspecified atom stereocenters. The number of hydrogen-bond donors (Lipinski definition) is 0. The fourth-order valence-corrected chi connectivity index (χ4v) is 4.03. The third-order valence-corrected chi connectivity index (χ3v) is 6.15. The summed E-state index contributed by atoms with van der Waals surface area (Å²) in [5.74, 6) is 0.930. The van der Waals surface area contributed by atoms with Crippen LogP contribution in [0.25, 0.3) is 0 Å². The van der Waals surface area contributed by atoms with E-state index < -0.39 is 0 Å². The Labute approximate surface area is 123 Å². The molecule has 1 rings (SSSR count). The summed E-state index contributed by atoms with van der Waals surface area (Å²) in [4.78, 5) is 0. The average molecular weight is 317 g/mol. The summed E-state index contributed by atoms with van der Waals surface area (Å²) in [6.07, 6.45) is 8.47. The first-order valence-corrected chi connectivity index (χ1v) is 8.76. The Balaban J connectivity index is 2.55. The van der Waals surface area contributed by atoms with Crippen LogP contribution < -0.4 is 0 Å². The van der Waals surface area contributed by atoms with Crippen molar-refractivity contribution in [2.45, 2.75) is 80.1 Å². The van der Waals surface area contributed by atoms with Gasteiger partial charge in [0.2, 0.25) is 0 Å². The number of halogens is 1. The SMILES string of the molecule is CC(C)(C)CCC1(CBr)CCC(C(C)(C)C)CC1. The highest BCUT2D eigenvalue weighted by Crippen LogP contribution is 2.49. The zero-order chi connectivity index (χ0) is 14.0. The molecule has 0 N–H and O–H groups in total. The molecule has 18 heavy (non-hydrogen) atoms. The summed E-state index contributed by atoms with van der Waals surface area (Å²) in [7, 11) is 0. The van der Waals surface area contributed by atoms with Crippen LogP contribution in [0.5, 0.6) is 0 Å². The Morgan fingerprint density at radius 2 is 1.50 bits per heavy atom. The van der Waals surface area contributed by atoms with Crippen molar-refractivity contribution in [2.24, 2.45) is 22.2 Å². The molecular formula is C17H33Br. The van der Waals surface area contributed by atoms with Crippen LogP contribution in [0.3, 0.4) is 0 Å². The summed E-state index contributed by atoms with van der Waals surface area (Å²) in [5.41, 5.74) is 1.58. The first-order chi connectivity index (χ1) is 8.08. The van der Waals surface area contributed by atoms with E-state index in [1.54, 1.807) is 0 Å². The summed E-state index contributed by atoms with van der Waals surface area (Å²) < 4.78 is 0. The first-order valence-electron chi connectivity index (χ1n) is 7.64. The zero-order valence-electron chi connectivity index (χ0n) is 13.4. The Morgan fingerprint density at radius 3 is 1.83 bits per heavy atom. The lowest BCUT2D eigenvalue weighted by Crippen LogP contribution is -2.34. The zero-order valence-corrected chi connectivity index (χ0v) is 15.0. The van der Waals surface area contributed by atoms with Crippen LogP contribution in [0.4, 0.5) is 0 Å². The summed E-state index contributed by atoms with van der Waals surface area (Å²) in [6, 6.07) is 0. The van der Waals surface area contributed by atoms with E-state index in [4.69, 9.17) is 0 Å². The van der Waals surface area contributed by atoms with Gasteiger partial charge < -0.3 is 0 Å². The Kier molecular flexibility index (Phi) is 5.38. The highest BCUT2D eigenvalue weighted by molar-refractivity contribution is 9.09. The first kappa shape index (κ1) is 16.5. The lowest BCUT2D eigenvalue weighted by molar-refractivity contribution is 0.0881. The van der Waals surface area contributed by atoms with E-state index in [1.165, 1.54) is 43.9 Å². The van der Waals surface area contributed by atoms with E-state index in [9.17, 15) is 0 Å². The molecule has 108 valence electrons. The molecule has 0 radical (unpaired) electrons. The summed E-state index contributed by atoms with van der Waals surface area (Å²) in [6.45, 7) is 14.3.